The molecule has 0 aliphatic carbocycles. The molecule has 1 aromatic carbocycles. The highest BCUT2D eigenvalue weighted by Crippen LogP contribution is 2.15. The van der Waals surface area contributed by atoms with E-state index in [1.54, 1.807) is 0 Å². The Bertz CT molecular complexity index is 516. The number of likely N-dealkylation sites (tertiary alicyclic amines) is 1. The average Bonchev–Trinajstić information content (AvgIpc) is 2.91. The molecule has 0 aromatic heterocycles. The fraction of sp³-hybridized carbons (Fsp3) is 0.500. The number of carbonyl (C=O) groups is 2. The van der Waals surface area contributed by atoms with Gasteiger partial charge in [-0.25, -0.2) is 0 Å². The minimum absolute atomic E-state index is 0.440. The molecule has 2 amide bonds. The molecule has 0 saturated carbocycles. The summed E-state index contributed by atoms with van der Waals surface area (Å²) in [5, 5.41) is 5.41. The van der Waals surface area contributed by atoms with Gasteiger partial charge in [-0.3, -0.25) is 9.59 Å². The Hall–Kier alpha value is -1.88. The van der Waals surface area contributed by atoms with Gasteiger partial charge in [-0.1, -0.05) is 25.1 Å². The maximum absolute atomic E-state index is 11.9. The third-order valence-electron chi connectivity index (χ3n) is 3.89. The Labute approximate surface area is 125 Å². The van der Waals surface area contributed by atoms with Gasteiger partial charge in [0, 0.05) is 18.8 Å². The zero-order valence-electron chi connectivity index (χ0n) is 12.7. The minimum atomic E-state index is -0.595. The summed E-state index contributed by atoms with van der Waals surface area (Å²) in [6.45, 7) is 4.60. The molecule has 1 atom stereocenters. The van der Waals surface area contributed by atoms with Crippen molar-refractivity contribution < 1.29 is 9.59 Å². The second-order valence-electron chi connectivity index (χ2n) is 5.59. The van der Waals surface area contributed by atoms with E-state index in [0.29, 0.717) is 18.2 Å². The van der Waals surface area contributed by atoms with E-state index in [0.717, 1.165) is 31.5 Å². The second kappa shape index (κ2) is 7.22. The maximum atomic E-state index is 11.9. The smallest absolute Gasteiger partial charge is 0.313 e. The number of nitrogens with one attached hydrogen (secondary N) is 2. The summed E-state index contributed by atoms with van der Waals surface area (Å²) in [4.78, 5) is 26.0. The SMILES string of the molecule is CCc1ccccc1NC(=O)C(=O)NC[C@@H]1CCN(C)C1. The molecule has 21 heavy (non-hydrogen) atoms. The first kappa shape index (κ1) is 15.5. The minimum Gasteiger partial charge on any atom is -0.347 e. The van der Waals surface area contributed by atoms with Crippen LogP contribution in [0.2, 0.25) is 0 Å². The van der Waals surface area contributed by atoms with Crippen molar-refractivity contribution in [2.45, 2.75) is 19.8 Å². The van der Waals surface area contributed by atoms with E-state index in [9.17, 15) is 9.59 Å². The summed E-state index contributed by atoms with van der Waals surface area (Å²) >= 11 is 0. The number of anilines is 1. The van der Waals surface area contributed by atoms with Gasteiger partial charge >= 0.3 is 11.8 Å². The molecule has 1 aliphatic heterocycles. The highest BCUT2D eigenvalue weighted by atomic mass is 16.2. The van der Waals surface area contributed by atoms with Crippen LogP contribution in [0.25, 0.3) is 0 Å². The van der Waals surface area contributed by atoms with Gasteiger partial charge in [0.05, 0.1) is 0 Å². The van der Waals surface area contributed by atoms with Crippen LogP contribution in [-0.2, 0) is 16.0 Å². The van der Waals surface area contributed by atoms with Crippen molar-refractivity contribution in [3.05, 3.63) is 29.8 Å². The van der Waals surface area contributed by atoms with E-state index in [1.165, 1.54) is 0 Å². The van der Waals surface area contributed by atoms with Gasteiger partial charge in [-0.2, -0.15) is 0 Å². The van der Waals surface area contributed by atoms with Crippen LogP contribution < -0.4 is 10.6 Å². The van der Waals surface area contributed by atoms with E-state index >= 15 is 0 Å². The van der Waals surface area contributed by atoms with E-state index in [1.807, 2.05) is 31.2 Å². The Morgan fingerprint density at radius 2 is 2.05 bits per heavy atom. The summed E-state index contributed by atoms with van der Waals surface area (Å²) in [7, 11) is 2.07. The van der Waals surface area contributed by atoms with Gasteiger partial charge in [-0.05, 0) is 44.0 Å². The van der Waals surface area contributed by atoms with Crippen molar-refractivity contribution in [1.29, 1.82) is 0 Å². The molecule has 0 unspecified atom stereocenters. The quantitative estimate of drug-likeness (QED) is 0.820. The van der Waals surface area contributed by atoms with Crippen molar-refractivity contribution in [3.8, 4) is 0 Å². The Morgan fingerprint density at radius 1 is 1.29 bits per heavy atom. The molecule has 5 heteroatoms. The van der Waals surface area contributed by atoms with Crippen LogP contribution in [0.1, 0.15) is 18.9 Å². The highest BCUT2D eigenvalue weighted by molar-refractivity contribution is 6.39. The van der Waals surface area contributed by atoms with E-state index in [4.69, 9.17) is 0 Å². The van der Waals surface area contributed by atoms with Gasteiger partial charge in [0.15, 0.2) is 0 Å². The zero-order chi connectivity index (χ0) is 15.2. The van der Waals surface area contributed by atoms with Crippen molar-refractivity contribution in [3.63, 3.8) is 0 Å². The van der Waals surface area contributed by atoms with Gasteiger partial charge in [-0.15, -0.1) is 0 Å². The summed E-state index contributed by atoms with van der Waals surface area (Å²) in [6.07, 6.45) is 1.88. The molecular weight excluding hydrogens is 266 g/mol. The van der Waals surface area contributed by atoms with Crippen molar-refractivity contribution in [1.82, 2.24) is 10.2 Å². The first-order valence-corrected chi connectivity index (χ1v) is 7.45. The summed E-state index contributed by atoms with van der Waals surface area (Å²) in [5.41, 5.74) is 1.73. The third kappa shape index (κ3) is 4.29. The van der Waals surface area contributed by atoms with Gasteiger partial charge in [0.25, 0.3) is 0 Å². The monoisotopic (exact) mass is 289 g/mol. The van der Waals surface area contributed by atoms with Crippen LogP contribution in [0.3, 0.4) is 0 Å². The van der Waals surface area contributed by atoms with Gasteiger partial charge in [0.2, 0.25) is 0 Å². The topological polar surface area (TPSA) is 61.4 Å². The standard InChI is InChI=1S/C16H23N3O2/c1-3-13-6-4-5-7-14(13)18-16(21)15(20)17-10-12-8-9-19(2)11-12/h4-7,12H,3,8-11H2,1-2H3,(H,17,20)(H,18,21)/t12-/m0/s1. The maximum Gasteiger partial charge on any atom is 0.313 e. The van der Waals surface area contributed by atoms with Crippen LogP contribution in [-0.4, -0.2) is 43.4 Å². The van der Waals surface area contributed by atoms with Crippen LogP contribution in [0.5, 0.6) is 0 Å². The molecule has 0 radical (unpaired) electrons. The highest BCUT2D eigenvalue weighted by Gasteiger charge is 2.21. The molecule has 1 aliphatic rings. The summed E-state index contributed by atoms with van der Waals surface area (Å²) in [6, 6.07) is 7.53. The van der Waals surface area contributed by atoms with Crippen molar-refractivity contribution in [2.75, 3.05) is 32.0 Å². The zero-order valence-corrected chi connectivity index (χ0v) is 12.7. The average molecular weight is 289 g/mol. The first-order valence-electron chi connectivity index (χ1n) is 7.45. The third-order valence-corrected chi connectivity index (χ3v) is 3.89. The molecule has 5 nitrogen and oxygen atoms in total. The number of amides is 2. The van der Waals surface area contributed by atoms with E-state index in [2.05, 4.69) is 22.6 Å². The molecule has 1 fully saturated rings. The Kier molecular flexibility index (Phi) is 5.33. The number of aryl methyl sites for hydroxylation is 1. The largest absolute Gasteiger partial charge is 0.347 e. The van der Waals surface area contributed by atoms with Crippen LogP contribution in [0.15, 0.2) is 24.3 Å². The lowest BCUT2D eigenvalue weighted by Gasteiger charge is -2.12. The number of benzene rings is 1. The molecule has 1 heterocycles. The summed E-state index contributed by atoms with van der Waals surface area (Å²) in [5.74, 6) is -0.715. The molecule has 2 rings (SSSR count). The molecule has 1 saturated heterocycles. The predicted molar refractivity (Wildman–Crippen MR) is 83.1 cm³/mol. The Balaban J connectivity index is 1.83. The molecule has 114 valence electrons. The normalized spacial score (nSPS) is 18.5. The van der Waals surface area contributed by atoms with Crippen molar-refractivity contribution in [2.24, 2.45) is 5.92 Å². The number of nitrogens with zero attached hydrogens (tertiary/aromatic N) is 1. The van der Waals surface area contributed by atoms with Gasteiger partial charge in [0.1, 0.15) is 0 Å². The van der Waals surface area contributed by atoms with E-state index < -0.39 is 11.8 Å². The second-order valence-corrected chi connectivity index (χ2v) is 5.59. The lowest BCUT2D eigenvalue weighted by atomic mass is 10.1. The number of hydrogen-bond acceptors (Lipinski definition) is 3. The molecule has 1 aromatic rings. The van der Waals surface area contributed by atoms with E-state index in [-0.39, 0.29) is 0 Å². The first-order chi connectivity index (χ1) is 10.1. The lowest BCUT2D eigenvalue weighted by Crippen LogP contribution is -2.38. The van der Waals surface area contributed by atoms with Crippen LogP contribution in [0, 0.1) is 5.92 Å². The summed E-state index contributed by atoms with van der Waals surface area (Å²) < 4.78 is 0. The number of hydrogen-bond donors (Lipinski definition) is 2. The number of para-hydroxylation sites is 1. The molecule has 2 N–H and O–H groups in total. The van der Waals surface area contributed by atoms with Crippen molar-refractivity contribution >= 4 is 17.5 Å². The lowest BCUT2D eigenvalue weighted by molar-refractivity contribution is -0.136. The fourth-order valence-corrected chi connectivity index (χ4v) is 2.64. The molecular formula is C16H23N3O2. The Morgan fingerprint density at radius 3 is 2.71 bits per heavy atom. The van der Waals surface area contributed by atoms with Crippen LogP contribution in [0.4, 0.5) is 5.69 Å². The predicted octanol–water partition coefficient (Wildman–Crippen LogP) is 1.26. The van der Waals surface area contributed by atoms with Gasteiger partial charge < -0.3 is 15.5 Å². The molecule has 0 spiro atoms. The number of rotatable bonds is 4. The molecule has 0 bridgehead atoms. The fourth-order valence-electron chi connectivity index (χ4n) is 2.64. The van der Waals surface area contributed by atoms with Crippen LogP contribution >= 0.6 is 0 Å². The number of carbonyl (C=O) groups excluding carboxylic acids is 2.